The molecule has 80 valence electrons. The van der Waals surface area contributed by atoms with E-state index in [2.05, 4.69) is 22.9 Å². The summed E-state index contributed by atoms with van der Waals surface area (Å²) in [5.74, 6) is 1.95. The van der Waals surface area contributed by atoms with Crippen molar-refractivity contribution in [3.63, 3.8) is 0 Å². The number of carbonyl (C=O) groups excluding carboxylic acids is 1. The number of amides is 1. The lowest BCUT2D eigenvalue weighted by Gasteiger charge is -2.20. The molecule has 1 aliphatic heterocycles. The van der Waals surface area contributed by atoms with Gasteiger partial charge in [-0.2, -0.15) is 0 Å². The lowest BCUT2D eigenvalue weighted by Crippen LogP contribution is -2.31. The minimum Gasteiger partial charge on any atom is -0.341 e. The molecule has 2 rings (SSSR count). The minimum absolute atomic E-state index is 0.0985. The molecule has 1 amide bonds. The van der Waals surface area contributed by atoms with E-state index in [4.69, 9.17) is 0 Å². The number of hydrogen-bond acceptors (Lipinski definition) is 1. The van der Waals surface area contributed by atoms with Gasteiger partial charge in [0.25, 0.3) is 0 Å². The molecule has 0 aromatic carbocycles. The number of likely N-dealkylation sites (tertiary alicyclic amines) is 1. The third kappa shape index (κ3) is 2.13. The number of alkyl halides is 1. The predicted octanol–water partition coefficient (Wildman–Crippen LogP) is 2.42. The molecule has 0 aromatic heterocycles. The van der Waals surface area contributed by atoms with Gasteiger partial charge >= 0.3 is 0 Å². The average Bonchev–Trinajstić information content (AvgIpc) is 2.67. The number of hydrogen-bond donors (Lipinski definition) is 0. The minimum atomic E-state index is 0.0985. The van der Waals surface area contributed by atoms with Gasteiger partial charge in [0.2, 0.25) is 5.91 Å². The monoisotopic (exact) mass is 259 g/mol. The first-order valence-electron chi connectivity index (χ1n) is 5.59. The van der Waals surface area contributed by atoms with Crippen molar-refractivity contribution in [3.8, 4) is 0 Å². The van der Waals surface area contributed by atoms with Gasteiger partial charge in [-0.15, -0.1) is 0 Å². The smallest absolute Gasteiger partial charge is 0.236 e. The molecule has 14 heavy (non-hydrogen) atoms. The van der Waals surface area contributed by atoms with Crippen LogP contribution in [-0.4, -0.2) is 28.7 Å². The zero-order valence-electron chi connectivity index (χ0n) is 8.71. The molecule has 2 fully saturated rings. The maximum absolute atomic E-state index is 11.7. The highest BCUT2D eigenvalue weighted by atomic mass is 79.9. The van der Waals surface area contributed by atoms with Gasteiger partial charge in [0, 0.05) is 13.1 Å². The van der Waals surface area contributed by atoms with Crippen molar-refractivity contribution in [1.29, 1.82) is 0 Å². The fourth-order valence-electron chi connectivity index (χ4n) is 2.68. The predicted molar refractivity (Wildman–Crippen MR) is 60.4 cm³/mol. The highest BCUT2D eigenvalue weighted by molar-refractivity contribution is 9.10. The van der Waals surface area contributed by atoms with Crippen LogP contribution in [0.4, 0.5) is 0 Å². The molecule has 3 atom stereocenters. The Hall–Kier alpha value is -0.0500. The summed E-state index contributed by atoms with van der Waals surface area (Å²) in [6.07, 6.45) is 4.97. The van der Waals surface area contributed by atoms with E-state index >= 15 is 0 Å². The molecule has 3 heteroatoms. The van der Waals surface area contributed by atoms with Crippen LogP contribution >= 0.6 is 15.9 Å². The van der Waals surface area contributed by atoms with Crippen LogP contribution in [-0.2, 0) is 4.79 Å². The van der Waals surface area contributed by atoms with E-state index in [1.165, 1.54) is 19.3 Å². The van der Waals surface area contributed by atoms with Crippen molar-refractivity contribution in [1.82, 2.24) is 4.90 Å². The van der Waals surface area contributed by atoms with Crippen LogP contribution in [0.3, 0.4) is 0 Å². The highest BCUT2D eigenvalue weighted by Gasteiger charge is 2.32. The molecule has 2 nitrogen and oxygen atoms in total. The van der Waals surface area contributed by atoms with Crippen LogP contribution < -0.4 is 0 Å². The second-order valence-electron chi connectivity index (χ2n) is 4.82. The fourth-order valence-corrected chi connectivity index (χ4v) is 3.18. The maximum atomic E-state index is 11.7. The lowest BCUT2D eigenvalue weighted by molar-refractivity contribution is -0.127. The van der Waals surface area contributed by atoms with Crippen molar-refractivity contribution in [2.24, 2.45) is 11.8 Å². The molecular weight excluding hydrogens is 242 g/mol. The molecule has 2 aliphatic rings. The quantitative estimate of drug-likeness (QED) is 0.698. The standard InChI is InChI=1S/C11H18BrNO/c1-8-2-3-9(6-8)7-13-5-4-10(12)11(13)14/h8-10H,2-7H2,1H3. The Kier molecular flexibility index (Phi) is 3.15. The number of nitrogens with zero attached hydrogens (tertiary/aromatic N) is 1. The Morgan fingerprint density at radius 3 is 2.71 bits per heavy atom. The van der Waals surface area contributed by atoms with Gasteiger partial charge in [-0.3, -0.25) is 4.79 Å². The van der Waals surface area contributed by atoms with Crippen LogP contribution in [0, 0.1) is 11.8 Å². The van der Waals surface area contributed by atoms with Crippen molar-refractivity contribution >= 4 is 21.8 Å². The summed E-state index contributed by atoms with van der Waals surface area (Å²) in [6.45, 7) is 4.28. The second kappa shape index (κ2) is 4.21. The van der Waals surface area contributed by atoms with Crippen LogP contribution in [0.15, 0.2) is 0 Å². The first-order chi connectivity index (χ1) is 6.66. The number of rotatable bonds is 2. The summed E-state index contributed by atoms with van der Waals surface area (Å²) >= 11 is 3.41. The lowest BCUT2D eigenvalue weighted by atomic mass is 10.1. The zero-order valence-corrected chi connectivity index (χ0v) is 10.3. The summed E-state index contributed by atoms with van der Waals surface area (Å²) < 4.78 is 0. The third-order valence-corrected chi connectivity index (χ3v) is 4.36. The zero-order chi connectivity index (χ0) is 10.1. The Bertz CT molecular complexity index is 231. The molecule has 0 spiro atoms. The molecule has 0 aromatic rings. The molecule has 0 N–H and O–H groups in total. The molecule has 1 saturated heterocycles. The topological polar surface area (TPSA) is 20.3 Å². The molecule has 1 heterocycles. The Morgan fingerprint density at radius 2 is 2.21 bits per heavy atom. The summed E-state index contributed by atoms with van der Waals surface area (Å²) in [5, 5.41) is 0. The van der Waals surface area contributed by atoms with E-state index in [0.717, 1.165) is 31.3 Å². The van der Waals surface area contributed by atoms with E-state index in [1.54, 1.807) is 0 Å². The molecular formula is C11H18BrNO. The highest BCUT2D eigenvalue weighted by Crippen LogP contribution is 2.32. The van der Waals surface area contributed by atoms with Gasteiger partial charge in [-0.25, -0.2) is 0 Å². The normalized spacial score (nSPS) is 38.3. The van der Waals surface area contributed by atoms with Crippen molar-refractivity contribution in [3.05, 3.63) is 0 Å². The van der Waals surface area contributed by atoms with E-state index in [0.29, 0.717) is 5.91 Å². The summed E-state index contributed by atoms with van der Waals surface area (Å²) in [6, 6.07) is 0. The molecule has 1 saturated carbocycles. The SMILES string of the molecule is CC1CCC(CN2CCC(Br)C2=O)C1. The van der Waals surface area contributed by atoms with Crippen molar-refractivity contribution < 1.29 is 4.79 Å². The van der Waals surface area contributed by atoms with Crippen LogP contribution in [0.5, 0.6) is 0 Å². The Labute approximate surface area is 94.2 Å². The van der Waals surface area contributed by atoms with Gasteiger partial charge in [0.05, 0.1) is 4.83 Å². The van der Waals surface area contributed by atoms with E-state index in [9.17, 15) is 4.79 Å². The third-order valence-electron chi connectivity index (χ3n) is 3.51. The maximum Gasteiger partial charge on any atom is 0.236 e. The van der Waals surface area contributed by atoms with Gasteiger partial charge in [0.15, 0.2) is 0 Å². The second-order valence-corrected chi connectivity index (χ2v) is 5.93. The molecule has 1 aliphatic carbocycles. The summed E-state index contributed by atoms with van der Waals surface area (Å²) in [5.41, 5.74) is 0. The van der Waals surface area contributed by atoms with Crippen LogP contribution in [0.1, 0.15) is 32.6 Å². The number of halogens is 1. The molecule has 0 radical (unpaired) electrons. The van der Waals surface area contributed by atoms with E-state index in [-0.39, 0.29) is 4.83 Å². The van der Waals surface area contributed by atoms with Crippen molar-refractivity contribution in [2.45, 2.75) is 37.4 Å². The average molecular weight is 260 g/mol. The molecule has 0 bridgehead atoms. The fraction of sp³-hybridized carbons (Fsp3) is 0.909. The van der Waals surface area contributed by atoms with E-state index < -0.39 is 0 Å². The first kappa shape index (κ1) is 10.5. The van der Waals surface area contributed by atoms with Crippen molar-refractivity contribution in [2.75, 3.05) is 13.1 Å². The summed E-state index contributed by atoms with van der Waals surface area (Å²) in [7, 11) is 0. The van der Waals surface area contributed by atoms with Crippen LogP contribution in [0.2, 0.25) is 0 Å². The summed E-state index contributed by atoms with van der Waals surface area (Å²) in [4.78, 5) is 13.8. The first-order valence-corrected chi connectivity index (χ1v) is 6.51. The van der Waals surface area contributed by atoms with Gasteiger partial charge in [-0.1, -0.05) is 29.3 Å². The largest absolute Gasteiger partial charge is 0.341 e. The van der Waals surface area contributed by atoms with E-state index in [1.807, 2.05) is 4.90 Å². The van der Waals surface area contributed by atoms with Crippen LogP contribution in [0.25, 0.3) is 0 Å². The number of carbonyl (C=O) groups is 1. The Morgan fingerprint density at radius 1 is 1.43 bits per heavy atom. The van der Waals surface area contributed by atoms with Gasteiger partial charge in [-0.05, 0) is 31.1 Å². The van der Waals surface area contributed by atoms with Gasteiger partial charge < -0.3 is 4.90 Å². The molecule has 3 unspecified atom stereocenters. The van der Waals surface area contributed by atoms with Gasteiger partial charge in [0.1, 0.15) is 0 Å². The Balaban J connectivity index is 1.83.